The van der Waals surface area contributed by atoms with E-state index in [9.17, 15) is 4.39 Å². The molecule has 0 saturated heterocycles. The van der Waals surface area contributed by atoms with Gasteiger partial charge in [0.2, 0.25) is 0 Å². The van der Waals surface area contributed by atoms with Gasteiger partial charge in [-0.05, 0) is 49.8 Å². The number of halogens is 1. The van der Waals surface area contributed by atoms with Crippen LogP contribution in [0.5, 0.6) is 0 Å². The fourth-order valence-corrected chi connectivity index (χ4v) is 4.18. The molecule has 2 fully saturated rings. The third-order valence-electron chi connectivity index (χ3n) is 5.55. The number of hydrogen-bond acceptors (Lipinski definition) is 2. The van der Waals surface area contributed by atoms with Crippen LogP contribution in [-0.4, -0.2) is 16.8 Å². The molecule has 0 radical (unpaired) electrons. The minimum absolute atomic E-state index is 0.189. The van der Waals surface area contributed by atoms with Crippen molar-refractivity contribution in [3.05, 3.63) is 41.4 Å². The third kappa shape index (κ3) is 2.61. The molecule has 0 aromatic heterocycles. The third-order valence-corrected chi connectivity index (χ3v) is 5.55. The Bertz CT molecular complexity index is 732. The van der Waals surface area contributed by atoms with E-state index >= 15 is 0 Å². The maximum Gasteiger partial charge on any atom is 0.124 e. The second-order valence-electron chi connectivity index (χ2n) is 7.25. The highest BCUT2D eigenvalue weighted by molar-refractivity contribution is 6.00. The molecule has 1 aromatic carbocycles. The van der Waals surface area contributed by atoms with Crippen molar-refractivity contribution in [3.8, 4) is 0 Å². The van der Waals surface area contributed by atoms with Crippen molar-refractivity contribution in [2.45, 2.75) is 64.3 Å². The van der Waals surface area contributed by atoms with Gasteiger partial charge in [0, 0.05) is 17.5 Å². The van der Waals surface area contributed by atoms with Gasteiger partial charge in [-0.15, -0.1) is 5.73 Å². The average Bonchev–Trinajstić information content (AvgIpc) is 3.45. The Kier molecular flexibility index (Phi) is 4.05. The summed E-state index contributed by atoms with van der Waals surface area (Å²) in [5.74, 6) is 1.52. The number of amidine groups is 1. The molecule has 4 rings (SSSR count). The second kappa shape index (κ2) is 6.22. The van der Waals surface area contributed by atoms with E-state index in [-0.39, 0.29) is 5.82 Å². The van der Waals surface area contributed by atoms with Crippen LogP contribution in [0.3, 0.4) is 0 Å². The first-order valence-electron chi connectivity index (χ1n) is 9.33. The highest BCUT2D eigenvalue weighted by atomic mass is 19.1. The number of benzene rings is 1. The molecule has 1 heterocycles. The lowest BCUT2D eigenvalue weighted by Crippen LogP contribution is -2.39. The molecular weight excluding hydrogens is 299 g/mol. The summed E-state index contributed by atoms with van der Waals surface area (Å²) in [6, 6.07) is 3.74. The fraction of sp³-hybridized carbons (Fsp3) is 0.524. The lowest BCUT2D eigenvalue weighted by Gasteiger charge is -2.37. The first-order chi connectivity index (χ1) is 11.7. The molecule has 0 bridgehead atoms. The summed E-state index contributed by atoms with van der Waals surface area (Å²) in [4.78, 5) is 7.45. The Hall–Kier alpha value is -1.86. The Balaban J connectivity index is 1.89. The number of fused-ring (bicyclic) bond motifs is 1. The van der Waals surface area contributed by atoms with Crippen LogP contribution in [0, 0.1) is 11.7 Å². The molecule has 24 heavy (non-hydrogen) atoms. The summed E-state index contributed by atoms with van der Waals surface area (Å²) in [6.07, 6.45) is 9.48. The molecule has 126 valence electrons. The van der Waals surface area contributed by atoms with Gasteiger partial charge in [-0.1, -0.05) is 32.8 Å². The van der Waals surface area contributed by atoms with E-state index in [1.807, 2.05) is 0 Å². The molecule has 1 aliphatic heterocycles. The highest BCUT2D eigenvalue weighted by Gasteiger charge is 2.40. The van der Waals surface area contributed by atoms with E-state index in [0.717, 1.165) is 28.9 Å². The smallest absolute Gasteiger partial charge is 0.124 e. The van der Waals surface area contributed by atoms with Crippen molar-refractivity contribution in [1.29, 1.82) is 0 Å². The first-order valence-corrected chi connectivity index (χ1v) is 9.33. The van der Waals surface area contributed by atoms with Crippen molar-refractivity contribution in [1.82, 2.24) is 4.90 Å². The average molecular weight is 324 g/mol. The van der Waals surface area contributed by atoms with Crippen molar-refractivity contribution >= 4 is 17.2 Å². The molecule has 2 saturated carbocycles. The Labute approximate surface area is 143 Å². The fourth-order valence-electron chi connectivity index (χ4n) is 4.18. The van der Waals surface area contributed by atoms with Crippen LogP contribution in [0.25, 0.3) is 5.70 Å². The van der Waals surface area contributed by atoms with Gasteiger partial charge in [0.15, 0.2) is 0 Å². The lowest BCUT2D eigenvalue weighted by atomic mass is 9.86. The monoisotopic (exact) mass is 324 g/mol. The summed E-state index contributed by atoms with van der Waals surface area (Å²) >= 11 is 0. The molecule has 3 aliphatic rings. The Morgan fingerprint density at radius 3 is 2.58 bits per heavy atom. The zero-order valence-corrected chi connectivity index (χ0v) is 14.4. The van der Waals surface area contributed by atoms with Gasteiger partial charge in [-0.3, -0.25) is 0 Å². The minimum atomic E-state index is -0.189. The van der Waals surface area contributed by atoms with Crippen molar-refractivity contribution in [2.24, 2.45) is 10.9 Å². The van der Waals surface area contributed by atoms with Gasteiger partial charge in [-0.25, -0.2) is 9.38 Å². The zero-order valence-electron chi connectivity index (χ0n) is 14.4. The van der Waals surface area contributed by atoms with Crippen molar-refractivity contribution in [3.63, 3.8) is 0 Å². The van der Waals surface area contributed by atoms with E-state index in [1.165, 1.54) is 50.8 Å². The van der Waals surface area contributed by atoms with Gasteiger partial charge in [0.1, 0.15) is 11.7 Å². The molecular formula is C21H25FN2. The van der Waals surface area contributed by atoms with Crippen LogP contribution in [-0.2, 0) is 6.42 Å². The number of nitrogens with zero attached hydrogens (tertiary/aromatic N) is 2. The van der Waals surface area contributed by atoms with Gasteiger partial charge in [0.25, 0.3) is 0 Å². The predicted molar refractivity (Wildman–Crippen MR) is 96.9 cm³/mol. The summed E-state index contributed by atoms with van der Waals surface area (Å²) in [5, 5.41) is 0. The van der Waals surface area contributed by atoms with E-state index in [1.54, 1.807) is 12.1 Å². The van der Waals surface area contributed by atoms with Crippen molar-refractivity contribution < 1.29 is 4.39 Å². The number of hydrogen-bond donors (Lipinski definition) is 0. The molecule has 1 aromatic rings. The summed E-state index contributed by atoms with van der Waals surface area (Å²) in [7, 11) is 0. The standard InChI is InChI=1S/C21H25FN2/c1-3-14-12-16(22)13-18-19(4-2)24(17-10-11-17)21(23-20(14)18)15-8-6-5-7-9-15/h12-13,15,17H,2-3,5-11H2,1H3. The van der Waals surface area contributed by atoms with Gasteiger partial charge in [0.05, 0.1) is 11.4 Å². The Morgan fingerprint density at radius 1 is 1.21 bits per heavy atom. The van der Waals surface area contributed by atoms with Gasteiger partial charge in [-0.2, -0.15) is 0 Å². The van der Waals surface area contributed by atoms with Crippen LogP contribution in [0.4, 0.5) is 10.1 Å². The summed E-state index contributed by atoms with van der Waals surface area (Å²) in [5.41, 5.74) is 6.87. The molecule has 2 nitrogen and oxygen atoms in total. The molecule has 0 unspecified atom stereocenters. The van der Waals surface area contributed by atoms with Crippen LogP contribution in [0.15, 0.2) is 29.4 Å². The Morgan fingerprint density at radius 2 is 1.96 bits per heavy atom. The maximum absolute atomic E-state index is 14.1. The van der Waals surface area contributed by atoms with E-state index < -0.39 is 0 Å². The molecule has 0 spiro atoms. The maximum atomic E-state index is 14.1. The molecule has 2 aliphatic carbocycles. The van der Waals surface area contributed by atoms with E-state index in [4.69, 9.17) is 4.99 Å². The van der Waals surface area contributed by atoms with Gasteiger partial charge >= 0.3 is 0 Å². The topological polar surface area (TPSA) is 15.6 Å². The molecule has 0 amide bonds. The number of aliphatic imine (C=N–C) groups is 1. The van der Waals surface area contributed by atoms with Gasteiger partial charge < -0.3 is 4.90 Å². The first kappa shape index (κ1) is 15.7. The highest BCUT2D eigenvalue weighted by Crippen LogP contribution is 2.45. The SMILES string of the molecule is C=C=C1c2cc(F)cc(CC)c2N=C(C2CCCCC2)N1C1CC1. The van der Waals surface area contributed by atoms with Crippen LogP contribution >= 0.6 is 0 Å². The summed E-state index contributed by atoms with van der Waals surface area (Å²) < 4.78 is 14.1. The molecule has 3 heteroatoms. The minimum Gasteiger partial charge on any atom is -0.319 e. The van der Waals surface area contributed by atoms with Crippen LogP contribution in [0.2, 0.25) is 0 Å². The van der Waals surface area contributed by atoms with Crippen molar-refractivity contribution in [2.75, 3.05) is 0 Å². The predicted octanol–water partition coefficient (Wildman–Crippen LogP) is 5.60. The van der Waals surface area contributed by atoms with E-state index in [2.05, 4.69) is 24.1 Å². The van der Waals surface area contributed by atoms with E-state index in [0.29, 0.717) is 12.0 Å². The zero-order chi connectivity index (χ0) is 16.7. The number of rotatable bonds is 3. The number of aryl methyl sites for hydroxylation is 1. The summed E-state index contributed by atoms with van der Waals surface area (Å²) in [6.45, 7) is 5.99. The lowest BCUT2D eigenvalue weighted by molar-refractivity contribution is 0.402. The normalized spacial score (nSPS) is 21.3. The molecule has 0 atom stereocenters. The largest absolute Gasteiger partial charge is 0.319 e. The quantitative estimate of drug-likeness (QED) is 0.661. The van der Waals surface area contributed by atoms with Crippen LogP contribution in [0.1, 0.15) is 63.0 Å². The second-order valence-corrected chi connectivity index (χ2v) is 7.25. The molecule has 0 N–H and O–H groups in total. The van der Waals surface area contributed by atoms with Crippen LogP contribution < -0.4 is 0 Å².